The molecule has 1 aliphatic heterocycles. The molecule has 6 rings (SSSR count). The van der Waals surface area contributed by atoms with Gasteiger partial charge >= 0.3 is 5.97 Å². The van der Waals surface area contributed by atoms with Crippen LogP contribution in [0.4, 0.5) is 0 Å². The number of carbonyl (C=O) groups is 4. The van der Waals surface area contributed by atoms with Gasteiger partial charge in [0.25, 0.3) is 0 Å². The van der Waals surface area contributed by atoms with Crippen molar-refractivity contribution in [2.45, 2.75) is 6.42 Å². The SMILES string of the molecule is O=Cc1ccc(OC(=O)CN2C(=O)[C@@H]3[C@H]4C=C[C@@H]([C@@H]5C[C@H]45)[C@H]3C2=O)cc1. The minimum atomic E-state index is -0.658. The Kier molecular flexibility index (Phi) is 3.20. The second kappa shape index (κ2) is 5.37. The second-order valence-corrected chi connectivity index (χ2v) is 7.58. The molecule has 3 fully saturated rings. The van der Waals surface area contributed by atoms with E-state index < -0.39 is 5.97 Å². The van der Waals surface area contributed by atoms with Gasteiger partial charge in [-0.3, -0.25) is 19.3 Å². The Morgan fingerprint density at radius 1 is 1.04 bits per heavy atom. The highest BCUT2D eigenvalue weighted by atomic mass is 16.5. The fourth-order valence-corrected chi connectivity index (χ4v) is 5.08. The number of allylic oxidation sites excluding steroid dienone is 2. The average molecular weight is 351 g/mol. The molecule has 6 nitrogen and oxygen atoms in total. The molecule has 2 saturated carbocycles. The molecule has 132 valence electrons. The summed E-state index contributed by atoms with van der Waals surface area (Å²) in [6, 6.07) is 6.08. The largest absolute Gasteiger partial charge is 0.425 e. The van der Waals surface area contributed by atoms with Crippen LogP contribution < -0.4 is 4.74 Å². The molecule has 5 aliphatic rings. The van der Waals surface area contributed by atoms with E-state index in [4.69, 9.17) is 4.74 Å². The molecular weight excluding hydrogens is 334 g/mol. The summed E-state index contributed by atoms with van der Waals surface area (Å²) in [6.45, 7) is -0.366. The summed E-state index contributed by atoms with van der Waals surface area (Å²) in [6.07, 6.45) is 6.00. The monoisotopic (exact) mass is 351 g/mol. The number of imide groups is 1. The van der Waals surface area contributed by atoms with E-state index in [1.54, 1.807) is 0 Å². The summed E-state index contributed by atoms with van der Waals surface area (Å²) in [5, 5.41) is 0. The maximum absolute atomic E-state index is 12.8. The Hall–Kier alpha value is -2.76. The molecule has 1 saturated heterocycles. The number of carbonyl (C=O) groups excluding carboxylic acids is 4. The Morgan fingerprint density at radius 3 is 2.15 bits per heavy atom. The van der Waals surface area contributed by atoms with Crippen LogP contribution in [0.2, 0.25) is 0 Å². The molecule has 0 spiro atoms. The third-order valence-corrected chi connectivity index (χ3v) is 6.29. The number of rotatable bonds is 4. The first kappa shape index (κ1) is 15.5. The van der Waals surface area contributed by atoms with Crippen molar-refractivity contribution >= 4 is 24.1 Å². The van der Waals surface area contributed by atoms with Gasteiger partial charge in [0.05, 0.1) is 11.8 Å². The normalized spacial score (nSPS) is 35.9. The molecular formula is C20H17NO5. The Morgan fingerprint density at radius 2 is 1.62 bits per heavy atom. The van der Waals surface area contributed by atoms with Crippen molar-refractivity contribution in [3.05, 3.63) is 42.0 Å². The summed E-state index contributed by atoms with van der Waals surface area (Å²) in [5.74, 6) is -0.114. The predicted molar refractivity (Wildman–Crippen MR) is 88.9 cm³/mol. The van der Waals surface area contributed by atoms with Crippen LogP contribution in [0, 0.1) is 35.5 Å². The fraction of sp³-hybridized carbons (Fsp3) is 0.400. The molecule has 0 aromatic heterocycles. The first-order valence-electron chi connectivity index (χ1n) is 8.88. The van der Waals surface area contributed by atoms with Crippen LogP contribution >= 0.6 is 0 Å². The third kappa shape index (κ3) is 2.11. The van der Waals surface area contributed by atoms with Gasteiger partial charge in [0.15, 0.2) is 0 Å². The van der Waals surface area contributed by atoms with E-state index in [0.29, 0.717) is 23.7 Å². The fourth-order valence-electron chi connectivity index (χ4n) is 5.08. The molecule has 2 bridgehead atoms. The van der Waals surface area contributed by atoms with Gasteiger partial charge in [-0.2, -0.15) is 0 Å². The summed E-state index contributed by atoms with van der Waals surface area (Å²) >= 11 is 0. The zero-order valence-electron chi connectivity index (χ0n) is 13.9. The number of ether oxygens (including phenoxy) is 1. The van der Waals surface area contributed by atoms with Gasteiger partial charge in [0, 0.05) is 5.56 Å². The van der Waals surface area contributed by atoms with E-state index in [-0.39, 0.29) is 47.8 Å². The van der Waals surface area contributed by atoms with Gasteiger partial charge in [-0.15, -0.1) is 0 Å². The quantitative estimate of drug-likeness (QED) is 0.270. The number of benzene rings is 1. The van der Waals surface area contributed by atoms with E-state index in [9.17, 15) is 19.2 Å². The number of likely N-dealkylation sites (tertiary alicyclic amines) is 1. The summed E-state index contributed by atoms with van der Waals surface area (Å²) in [4.78, 5) is 49.6. The van der Waals surface area contributed by atoms with Gasteiger partial charge in [0.1, 0.15) is 18.6 Å². The minimum absolute atomic E-state index is 0.142. The van der Waals surface area contributed by atoms with Gasteiger partial charge in [0.2, 0.25) is 11.8 Å². The maximum Gasteiger partial charge on any atom is 0.331 e. The highest BCUT2D eigenvalue weighted by Gasteiger charge is 2.67. The van der Waals surface area contributed by atoms with E-state index in [1.165, 1.54) is 24.3 Å². The molecule has 2 amide bonds. The van der Waals surface area contributed by atoms with Crippen LogP contribution in [0.5, 0.6) is 5.75 Å². The molecule has 6 heteroatoms. The van der Waals surface area contributed by atoms with Crippen molar-refractivity contribution < 1.29 is 23.9 Å². The van der Waals surface area contributed by atoms with Crippen molar-refractivity contribution in [1.82, 2.24) is 4.90 Å². The number of esters is 1. The predicted octanol–water partition coefficient (Wildman–Crippen LogP) is 1.46. The number of hydrogen-bond donors (Lipinski definition) is 0. The summed E-state index contributed by atoms with van der Waals surface area (Å²) in [7, 11) is 0. The molecule has 1 aromatic carbocycles. The first-order valence-corrected chi connectivity index (χ1v) is 8.88. The smallest absolute Gasteiger partial charge is 0.331 e. The minimum Gasteiger partial charge on any atom is -0.425 e. The van der Waals surface area contributed by atoms with Crippen molar-refractivity contribution in [2.24, 2.45) is 35.5 Å². The van der Waals surface area contributed by atoms with Crippen molar-refractivity contribution in [3.63, 3.8) is 0 Å². The highest BCUT2D eigenvalue weighted by molar-refractivity contribution is 6.08. The first-order chi connectivity index (χ1) is 12.6. The lowest BCUT2D eigenvalue weighted by atomic mass is 9.63. The standard InChI is InChI=1S/C20H17NO5/c22-9-10-1-3-11(4-2-10)26-16(23)8-21-19(24)17-12-5-6-13(15-7-14(12)15)18(17)20(21)25/h1-6,9,12-15,17-18H,7-8H2/t12-,13-,14-,15+,17+,18+/m0/s1. The van der Waals surface area contributed by atoms with Crippen molar-refractivity contribution in [1.29, 1.82) is 0 Å². The third-order valence-electron chi connectivity index (χ3n) is 6.29. The Bertz CT molecular complexity index is 821. The molecule has 1 heterocycles. The molecule has 26 heavy (non-hydrogen) atoms. The van der Waals surface area contributed by atoms with E-state index in [0.717, 1.165) is 11.3 Å². The molecule has 0 radical (unpaired) electrons. The average Bonchev–Trinajstić information content (AvgIpc) is 3.43. The number of aldehydes is 1. The van der Waals surface area contributed by atoms with Crippen LogP contribution in [-0.4, -0.2) is 35.5 Å². The molecule has 4 aliphatic carbocycles. The second-order valence-electron chi connectivity index (χ2n) is 7.58. The van der Waals surface area contributed by atoms with Crippen LogP contribution in [-0.2, 0) is 14.4 Å². The molecule has 1 aromatic rings. The summed E-state index contributed by atoms with van der Waals surface area (Å²) in [5.41, 5.74) is 0.473. The Labute approximate surface area is 149 Å². The topological polar surface area (TPSA) is 80.8 Å². The Balaban J connectivity index is 1.30. The maximum atomic E-state index is 12.8. The molecule has 0 N–H and O–H groups in total. The number of hydrogen-bond acceptors (Lipinski definition) is 5. The number of nitrogens with zero attached hydrogens (tertiary/aromatic N) is 1. The van der Waals surface area contributed by atoms with Gasteiger partial charge in [-0.1, -0.05) is 12.2 Å². The van der Waals surface area contributed by atoms with Gasteiger partial charge in [-0.25, -0.2) is 4.79 Å². The lowest BCUT2D eigenvalue weighted by Crippen LogP contribution is -2.40. The highest BCUT2D eigenvalue weighted by Crippen LogP contribution is 2.65. The molecule has 0 unspecified atom stereocenters. The van der Waals surface area contributed by atoms with Crippen LogP contribution in [0.25, 0.3) is 0 Å². The zero-order chi connectivity index (χ0) is 18.0. The summed E-state index contributed by atoms with van der Waals surface area (Å²) < 4.78 is 5.21. The zero-order valence-corrected chi connectivity index (χ0v) is 13.9. The van der Waals surface area contributed by atoms with E-state index >= 15 is 0 Å². The van der Waals surface area contributed by atoms with Gasteiger partial charge in [-0.05, 0) is 54.4 Å². The van der Waals surface area contributed by atoms with Crippen LogP contribution in [0.3, 0.4) is 0 Å². The van der Waals surface area contributed by atoms with Crippen molar-refractivity contribution in [3.8, 4) is 5.75 Å². The lowest BCUT2D eigenvalue weighted by Gasteiger charge is -2.37. The molecule has 6 atom stereocenters. The van der Waals surface area contributed by atoms with Gasteiger partial charge < -0.3 is 4.74 Å². The lowest BCUT2D eigenvalue weighted by molar-refractivity contribution is -0.148. The number of amides is 2. The van der Waals surface area contributed by atoms with Crippen LogP contribution in [0.15, 0.2) is 36.4 Å². The van der Waals surface area contributed by atoms with Crippen molar-refractivity contribution in [2.75, 3.05) is 6.54 Å². The van der Waals surface area contributed by atoms with E-state index in [2.05, 4.69) is 12.2 Å². The van der Waals surface area contributed by atoms with Crippen LogP contribution in [0.1, 0.15) is 16.8 Å². The van der Waals surface area contributed by atoms with E-state index in [1.807, 2.05) is 0 Å².